The summed E-state index contributed by atoms with van der Waals surface area (Å²) in [4.78, 5) is 0. The van der Waals surface area contributed by atoms with Crippen LogP contribution in [0.2, 0.25) is 0 Å². The molecular formula is C44H42N2O4. The zero-order valence-electron chi connectivity index (χ0n) is 28.5. The number of rotatable bonds is 6. The van der Waals surface area contributed by atoms with Gasteiger partial charge in [-0.05, 0) is 124 Å². The summed E-state index contributed by atoms with van der Waals surface area (Å²) in [6.07, 6.45) is 7.66. The minimum Gasteiger partial charge on any atom is -0.506 e. The first-order valence-electron chi connectivity index (χ1n) is 17.6. The van der Waals surface area contributed by atoms with Crippen molar-refractivity contribution in [1.82, 2.24) is 0 Å². The van der Waals surface area contributed by atoms with E-state index in [4.69, 9.17) is 20.9 Å². The van der Waals surface area contributed by atoms with E-state index < -0.39 is 0 Å². The molecule has 0 saturated heterocycles. The molecule has 252 valence electrons. The van der Waals surface area contributed by atoms with Gasteiger partial charge in [-0.1, -0.05) is 68.4 Å². The first-order valence-corrected chi connectivity index (χ1v) is 17.6. The van der Waals surface area contributed by atoms with Crippen LogP contribution in [0.1, 0.15) is 57.9 Å². The van der Waals surface area contributed by atoms with E-state index in [0.29, 0.717) is 33.8 Å². The molecule has 4 fully saturated rings. The number of nitrogen functional groups attached to an aromatic ring is 2. The minimum atomic E-state index is -0.0372. The van der Waals surface area contributed by atoms with Crippen LogP contribution in [0.25, 0.3) is 32.7 Å². The summed E-state index contributed by atoms with van der Waals surface area (Å²) >= 11 is 0. The van der Waals surface area contributed by atoms with Gasteiger partial charge >= 0.3 is 0 Å². The highest BCUT2D eigenvalue weighted by Crippen LogP contribution is 2.70. The SMILES string of the molecule is CC12CC3CC(C)(C1)CC(c1cccc4c(-c5c(Oc6ccc(N)c(O)c6)ccc6ccccc56)c(Oc5ccc(N)c(O)c5)ccc14)(C3)C2. The van der Waals surface area contributed by atoms with Crippen LogP contribution in [-0.4, -0.2) is 10.2 Å². The molecule has 6 N–H and O–H groups in total. The van der Waals surface area contributed by atoms with Gasteiger partial charge in [-0.25, -0.2) is 0 Å². The Morgan fingerprint density at radius 3 is 1.78 bits per heavy atom. The normalized spacial score (nSPS) is 25.3. The number of benzene rings is 6. The molecule has 0 radical (unpaired) electrons. The van der Waals surface area contributed by atoms with Gasteiger partial charge in [0.2, 0.25) is 0 Å². The van der Waals surface area contributed by atoms with E-state index in [2.05, 4.69) is 62.4 Å². The highest BCUT2D eigenvalue weighted by molar-refractivity contribution is 6.10. The van der Waals surface area contributed by atoms with Gasteiger partial charge in [0.1, 0.15) is 34.5 Å². The second-order valence-corrected chi connectivity index (χ2v) is 16.1. The Kier molecular flexibility index (Phi) is 6.64. The number of hydrogen-bond acceptors (Lipinski definition) is 6. The lowest BCUT2D eigenvalue weighted by atomic mass is 9.39. The van der Waals surface area contributed by atoms with Crippen molar-refractivity contribution in [3.05, 3.63) is 109 Å². The predicted molar refractivity (Wildman–Crippen MR) is 201 cm³/mol. The van der Waals surface area contributed by atoms with Gasteiger partial charge in [-0.15, -0.1) is 0 Å². The maximum atomic E-state index is 10.5. The van der Waals surface area contributed by atoms with E-state index >= 15 is 0 Å². The Morgan fingerprint density at radius 1 is 0.580 bits per heavy atom. The molecule has 10 rings (SSSR count). The average molecular weight is 663 g/mol. The molecular weight excluding hydrogens is 620 g/mol. The lowest BCUT2D eigenvalue weighted by Gasteiger charge is -2.65. The van der Waals surface area contributed by atoms with Gasteiger partial charge in [-0.2, -0.15) is 0 Å². The Morgan fingerprint density at radius 2 is 1.16 bits per heavy atom. The van der Waals surface area contributed by atoms with Crippen LogP contribution in [0, 0.1) is 16.7 Å². The molecule has 0 aliphatic heterocycles. The van der Waals surface area contributed by atoms with Gasteiger partial charge in [-0.3, -0.25) is 0 Å². The maximum absolute atomic E-state index is 10.5. The molecule has 2 unspecified atom stereocenters. The summed E-state index contributed by atoms with van der Waals surface area (Å²) in [6, 6.07) is 33.3. The Hall–Kier alpha value is -5.36. The summed E-state index contributed by atoms with van der Waals surface area (Å²) in [5, 5.41) is 25.3. The standard InChI is InChI=1S/C44H42N2O4/c1-42-20-26-21-43(2,23-42)25-44(22-26,24-42)33-9-5-8-32-31(33)13-17-39(50-29-12-15-35(46)37(48)19-29)41(32)40-30-7-4-3-6-27(30)10-16-38(40)49-28-11-14-34(45)36(47)18-28/h3-19,26,47-48H,20-25,45-46H2,1-2H3. The van der Waals surface area contributed by atoms with Crippen LogP contribution in [-0.2, 0) is 5.41 Å². The Balaban J connectivity index is 1.31. The molecule has 6 nitrogen and oxygen atoms in total. The van der Waals surface area contributed by atoms with Crippen LogP contribution in [0.4, 0.5) is 11.4 Å². The monoisotopic (exact) mass is 662 g/mol. The molecule has 4 aliphatic rings. The number of aromatic hydroxyl groups is 2. The highest BCUT2D eigenvalue weighted by Gasteiger charge is 2.60. The number of ether oxygens (including phenoxy) is 2. The third-order valence-corrected chi connectivity index (χ3v) is 11.8. The third kappa shape index (κ3) is 4.92. The zero-order chi connectivity index (χ0) is 34.4. The topological polar surface area (TPSA) is 111 Å². The lowest BCUT2D eigenvalue weighted by molar-refractivity contribution is -0.109. The fourth-order valence-corrected chi connectivity index (χ4v) is 10.9. The molecule has 6 aromatic carbocycles. The van der Waals surface area contributed by atoms with Gasteiger partial charge in [0.25, 0.3) is 0 Å². The number of hydrogen-bond donors (Lipinski definition) is 4. The van der Waals surface area contributed by atoms with E-state index in [1.54, 1.807) is 30.3 Å². The van der Waals surface area contributed by atoms with Crippen molar-refractivity contribution in [2.24, 2.45) is 16.7 Å². The molecule has 0 amide bonds. The van der Waals surface area contributed by atoms with Crippen LogP contribution in [0.5, 0.6) is 34.5 Å². The number of phenolic OH excluding ortho intramolecular Hbond substituents is 2. The summed E-state index contributed by atoms with van der Waals surface area (Å²) in [5.74, 6) is 2.87. The third-order valence-electron chi connectivity index (χ3n) is 11.8. The summed E-state index contributed by atoms with van der Waals surface area (Å²) in [5.41, 5.74) is 16.5. The summed E-state index contributed by atoms with van der Waals surface area (Å²) < 4.78 is 13.3. The van der Waals surface area contributed by atoms with Gasteiger partial charge < -0.3 is 31.2 Å². The molecule has 4 saturated carbocycles. The lowest BCUT2D eigenvalue weighted by Crippen LogP contribution is -2.56. The zero-order valence-corrected chi connectivity index (χ0v) is 28.5. The second-order valence-electron chi connectivity index (χ2n) is 16.1. The van der Waals surface area contributed by atoms with E-state index in [9.17, 15) is 10.2 Å². The number of phenols is 2. The van der Waals surface area contributed by atoms with Gasteiger partial charge in [0.15, 0.2) is 0 Å². The van der Waals surface area contributed by atoms with E-state index in [1.165, 1.54) is 55.5 Å². The van der Waals surface area contributed by atoms with Crippen molar-refractivity contribution in [1.29, 1.82) is 0 Å². The number of anilines is 2. The van der Waals surface area contributed by atoms with Crippen molar-refractivity contribution >= 4 is 32.9 Å². The van der Waals surface area contributed by atoms with Crippen molar-refractivity contribution in [3.8, 4) is 45.6 Å². The van der Waals surface area contributed by atoms with Crippen molar-refractivity contribution in [2.75, 3.05) is 11.5 Å². The Labute approximate surface area is 292 Å². The largest absolute Gasteiger partial charge is 0.506 e. The van der Waals surface area contributed by atoms with Crippen LogP contribution >= 0.6 is 0 Å². The fraction of sp³-hybridized carbons (Fsp3) is 0.273. The van der Waals surface area contributed by atoms with Crippen LogP contribution in [0.3, 0.4) is 0 Å². The van der Waals surface area contributed by atoms with Crippen molar-refractivity contribution in [3.63, 3.8) is 0 Å². The molecule has 6 heteroatoms. The summed E-state index contributed by atoms with van der Waals surface area (Å²) in [7, 11) is 0. The van der Waals surface area contributed by atoms with Gasteiger partial charge in [0, 0.05) is 23.3 Å². The predicted octanol–water partition coefficient (Wildman–Crippen LogP) is 11.1. The quantitative estimate of drug-likeness (QED) is 0.104. The van der Waals surface area contributed by atoms with Crippen LogP contribution in [0.15, 0.2) is 103 Å². The molecule has 4 bridgehead atoms. The maximum Gasteiger partial charge on any atom is 0.142 e. The van der Waals surface area contributed by atoms with E-state index in [-0.39, 0.29) is 28.3 Å². The highest BCUT2D eigenvalue weighted by atomic mass is 16.5. The number of nitrogens with two attached hydrogens (primary N) is 2. The van der Waals surface area contributed by atoms with E-state index in [1.807, 2.05) is 18.2 Å². The molecule has 4 aliphatic carbocycles. The molecule has 6 aromatic rings. The molecule has 0 heterocycles. The Bertz CT molecular complexity index is 2330. The number of fused-ring (bicyclic) bond motifs is 2. The van der Waals surface area contributed by atoms with Crippen molar-refractivity contribution in [2.45, 2.75) is 57.8 Å². The van der Waals surface area contributed by atoms with Crippen LogP contribution < -0.4 is 20.9 Å². The summed E-state index contributed by atoms with van der Waals surface area (Å²) in [6.45, 7) is 5.06. The molecule has 0 spiro atoms. The minimum absolute atomic E-state index is 0.0340. The fourth-order valence-electron chi connectivity index (χ4n) is 10.9. The van der Waals surface area contributed by atoms with E-state index in [0.717, 1.165) is 33.2 Å². The van der Waals surface area contributed by atoms with Gasteiger partial charge in [0.05, 0.1) is 11.4 Å². The van der Waals surface area contributed by atoms with Crippen molar-refractivity contribution < 1.29 is 19.7 Å². The molecule has 50 heavy (non-hydrogen) atoms. The first-order chi connectivity index (χ1) is 24.0. The second kappa shape index (κ2) is 10.8. The smallest absolute Gasteiger partial charge is 0.142 e. The average Bonchev–Trinajstić information content (AvgIpc) is 3.06. The molecule has 2 atom stereocenters. The first kappa shape index (κ1) is 30.7. The molecule has 0 aromatic heterocycles.